The first-order valence-electron chi connectivity index (χ1n) is 10.7. The molecule has 4 rings (SSSR count). The number of hydrogen-bond donors (Lipinski definition) is 3. The lowest BCUT2D eigenvalue weighted by atomic mass is 10.0. The van der Waals surface area contributed by atoms with Crippen molar-refractivity contribution in [2.75, 3.05) is 5.32 Å². The highest BCUT2D eigenvalue weighted by atomic mass is 35.5. The summed E-state index contributed by atoms with van der Waals surface area (Å²) >= 11 is 7.27. The molecule has 1 aliphatic carbocycles. The Labute approximate surface area is 201 Å². The molecule has 1 aliphatic rings. The molecule has 0 bridgehead atoms. The van der Waals surface area contributed by atoms with Gasteiger partial charge in [0.1, 0.15) is 6.04 Å². The zero-order valence-corrected chi connectivity index (χ0v) is 19.6. The third kappa shape index (κ3) is 6.00. The van der Waals surface area contributed by atoms with Crippen LogP contribution in [0, 0.1) is 6.92 Å². The number of carbonyl (C=O) groups excluding carboxylic acids is 3. The van der Waals surface area contributed by atoms with Crippen LogP contribution in [0.2, 0.25) is 5.02 Å². The second-order valence-corrected chi connectivity index (χ2v) is 9.51. The van der Waals surface area contributed by atoms with Crippen LogP contribution in [0.1, 0.15) is 44.0 Å². The van der Waals surface area contributed by atoms with Crippen LogP contribution in [-0.4, -0.2) is 29.8 Å². The Morgan fingerprint density at radius 1 is 1.03 bits per heavy atom. The molecule has 3 amide bonds. The quantitative estimate of drug-likeness (QED) is 0.440. The maximum atomic E-state index is 13.1. The van der Waals surface area contributed by atoms with E-state index in [1.54, 1.807) is 37.3 Å². The van der Waals surface area contributed by atoms with Gasteiger partial charge in [-0.05, 0) is 49.1 Å². The lowest BCUT2D eigenvalue weighted by Gasteiger charge is -2.18. The molecule has 1 heterocycles. The molecule has 1 unspecified atom stereocenters. The van der Waals surface area contributed by atoms with E-state index >= 15 is 0 Å². The fraction of sp³-hybridized carbons (Fsp3) is 0.240. The maximum absolute atomic E-state index is 13.1. The Morgan fingerprint density at radius 2 is 1.73 bits per heavy atom. The van der Waals surface area contributed by atoms with Crippen molar-refractivity contribution in [1.82, 2.24) is 10.6 Å². The number of anilines is 1. The summed E-state index contributed by atoms with van der Waals surface area (Å²) in [6.07, 6.45) is 2.33. The zero-order valence-electron chi connectivity index (χ0n) is 18.1. The van der Waals surface area contributed by atoms with E-state index in [-0.39, 0.29) is 23.8 Å². The van der Waals surface area contributed by atoms with Crippen molar-refractivity contribution in [3.05, 3.63) is 87.3 Å². The van der Waals surface area contributed by atoms with Crippen LogP contribution in [0.4, 0.5) is 5.00 Å². The fourth-order valence-electron chi connectivity index (χ4n) is 3.41. The molecular weight excluding hydrogens is 458 g/mol. The van der Waals surface area contributed by atoms with Crippen molar-refractivity contribution in [2.45, 2.75) is 38.3 Å². The smallest absolute Gasteiger partial charge is 0.262 e. The van der Waals surface area contributed by atoms with Gasteiger partial charge >= 0.3 is 0 Å². The average Bonchev–Trinajstić information content (AvgIpc) is 3.54. The molecule has 1 fully saturated rings. The number of thiophene rings is 1. The molecule has 1 saturated carbocycles. The van der Waals surface area contributed by atoms with Gasteiger partial charge in [0.2, 0.25) is 5.91 Å². The highest BCUT2D eigenvalue weighted by molar-refractivity contribution is 7.18. The van der Waals surface area contributed by atoms with E-state index in [0.29, 0.717) is 32.4 Å². The largest absolute Gasteiger partial charge is 0.352 e. The van der Waals surface area contributed by atoms with E-state index in [0.717, 1.165) is 29.7 Å². The topological polar surface area (TPSA) is 87.3 Å². The summed E-state index contributed by atoms with van der Waals surface area (Å²) in [6, 6.07) is 17.6. The van der Waals surface area contributed by atoms with Crippen molar-refractivity contribution in [1.29, 1.82) is 0 Å². The van der Waals surface area contributed by atoms with E-state index in [1.165, 1.54) is 0 Å². The minimum atomic E-state index is -0.692. The monoisotopic (exact) mass is 481 g/mol. The second-order valence-electron chi connectivity index (χ2n) is 8.06. The van der Waals surface area contributed by atoms with Crippen LogP contribution >= 0.6 is 22.9 Å². The highest BCUT2D eigenvalue weighted by Crippen LogP contribution is 2.28. The predicted molar refractivity (Wildman–Crippen MR) is 131 cm³/mol. The lowest BCUT2D eigenvalue weighted by Crippen LogP contribution is -2.48. The van der Waals surface area contributed by atoms with Crippen LogP contribution in [0.5, 0.6) is 0 Å². The van der Waals surface area contributed by atoms with E-state index in [1.807, 2.05) is 30.3 Å². The van der Waals surface area contributed by atoms with Crippen LogP contribution < -0.4 is 16.0 Å². The van der Waals surface area contributed by atoms with E-state index < -0.39 is 6.04 Å². The summed E-state index contributed by atoms with van der Waals surface area (Å²) in [4.78, 5) is 38.9. The normalized spacial score (nSPS) is 13.8. The minimum absolute atomic E-state index is 0.184. The number of amides is 3. The summed E-state index contributed by atoms with van der Waals surface area (Å²) < 4.78 is 0. The Hall–Kier alpha value is -3.16. The number of hydrogen-bond acceptors (Lipinski definition) is 4. The summed E-state index contributed by atoms with van der Waals surface area (Å²) in [5, 5.41) is 9.56. The molecule has 0 spiro atoms. The number of aryl methyl sites for hydroxylation is 1. The van der Waals surface area contributed by atoms with Gasteiger partial charge in [0.15, 0.2) is 0 Å². The number of benzene rings is 2. The highest BCUT2D eigenvalue weighted by Gasteiger charge is 2.29. The molecule has 1 atom stereocenters. The van der Waals surface area contributed by atoms with E-state index in [9.17, 15) is 14.4 Å². The van der Waals surface area contributed by atoms with Crippen molar-refractivity contribution >= 4 is 45.7 Å². The Morgan fingerprint density at radius 3 is 2.42 bits per heavy atom. The maximum Gasteiger partial charge on any atom is 0.262 e. The standard InChI is InChI=1S/C25H24ClN3O3S/c1-15-13-21(29-23(30)18-9-5-6-10-19(18)26)33-22(15)25(32)28-20(24(31)27-17-11-12-17)14-16-7-3-2-4-8-16/h2-10,13,17,20H,11-12,14H2,1H3,(H,27,31)(H,28,32)(H,29,30). The SMILES string of the molecule is Cc1cc(NC(=O)c2ccccc2Cl)sc1C(=O)NC(Cc1ccccc1)C(=O)NC1CC1. The summed E-state index contributed by atoms with van der Waals surface area (Å²) in [5.74, 6) is -0.877. The Bertz CT molecular complexity index is 1170. The van der Waals surface area contributed by atoms with Gasteiger partial charge in [-0.2, -0.15) is 0 Å². The number of rotatable bonds is 8. The first-order chi connectivity index (χ1) is 15.9. The number of halogens is 1. The first kappa shape index (κ1) is 23.0. The molecule has 8 heteroatoms. The first-order valence-corrected chi connectivity index (χ1v) is 11.9. The number of nitrogens with one attached hydrogen (secondary N) is 3. The van der Waals surface area contributed by atoms with Crippen molar-refractivity contribution in [3.63, 3.8) is 0 Å². The molecule has 3 aromatic rings. The van der Waals surface area contributed by atoms with Crippen LogP contribution in [0.25, 0.3) is 0 Å². The minimum Gasteiger partial charge on any atom is -0.352 e. The summed E-state index contributed by atoms with van der Waals surface area (Å²) in [6.45, 7) is 1.80. The van der Waals surface area contributed by atoms with Gasteiger partial charge < -0.3 is 16.0 Å². The molecule has 170 valence electrons. The van der Waals surface area contributed by atoms with Gasteiger partial charge in [-0.15, -0.1) is 11.3 Å². The van der Waals surface area contributed by atoms with Crippen LogP contribution in [0.3, 0.4) is 0 Å². The van der Waals surface area contributed by atoms with Gasteiger partial charge in [0.05, 0.1) is 20.5 Å². The Balaban J connectivity index is 1.47. The van der Waals surface area contributed by atoms with Crippen molar-refractivity contribution < 1.29 is 14.4 Å². The fourth-order valence-corrected chi connectivity index (χ4v) is 4.60. The van der Waals surface area contributed by atoms with Crippen LogP contribution in [-0.2, 0) is 11.2 Å². The van der Waals surface area contributed by atoms with Crippen molar-refractivity contribution in [2.24, 2.45) is 0 Å². The van der Waals surface area contributed by atoms with Gasteiger partial charge in [-0.3, -0.25) is 14.4 Å². The van der Waals surface area contributed by atoms with Gasteiger partial charge in [0.25, 0.3) is 11.8 Å². The molecule has 0 aliphatic heterocycles. The zero-order chi connectivity index (χ0) is 23.4. The molecule has 2 aromatic carbocycles. The van der Waals surface area contributed by atoms with Crippen molar-refractivity contribution in [3.8, 4) is 0 Å². The molecule has 1 aromatic heterocycles. The average molecular weight is 482 g/mol. The molecule has 0 saturated heterocycles. The molecule has 33 heavy (non-hydrogen) atoms. The van der Waals surface area contributed by atoms with Gasteiger partial charge in [-0.25, -0.2) is 0 Å². The summed E-state index contributed by atoms with van der Waals surface area (Å²) in [5.41, 5.74) is 2.04. The number of carbonyl (C=O) groups is 3. The Kier molecular flexibility index (Phi) is 7.11. The second kappa shape index (κ2) is 10.2. The molecule has 0 radical (unpaired) electrons. The molecule has 3 N–H and O–H groups in total. The van der Waals surface area contributed by atoms with Gasteiger partial charge in [0, 0.05) is 12.5 Å². The summed E-state index contributed by atoms with van der Waals surface area (Å²) in [7, 11) is 0. The lowest BCUT2D eigenvalue weighted by molar-refractivity contribution is -0.123. The molecular formula is C25H24ClN3O3S. The van der Waals surface area contributed by atoms with E-state index in [2.05, 4.69) is 16.0 Å². The third-order valence-corrected chi connectivity index (χ3v) is 6.79. The third-order valence-electron chi connectivity index (χ3n) is 5.31. The predicted octanol–water partition coefficient (Wildman–Crippen LogP) is 4.58. The van der Waals surface area contributed by atoms with Gasteiger partial charge in [-0.1, -0.05) is 54.1 Å². The molecule has 6 nitrogen and oxygen atoms in total. The van der Waals surface area contributed by atoms with Crippen LogP contribution in [0.15, 0.2) is 60.7 Å². The van der Waals surface area contributed by atoms with E-state index in [4.69, 9.17) is 11.6 Å².